The van der Waals surface area contributed by atoms with Crippen LogP contribution in [0.1, 0.15) is 0 Å². The first kappa shape index (κ1) is 10.6. The topological polar surface area (TPSA) is 52.5 Å². The fourth-order valence-corrected chi connectivity index (χ4v) is 2.85. The number of nitrogens with one attached hydrogen (secondary N) is 1. The number of anilines is 2. The van der Waals surface area contributed by atoms with Crippen molar-refractivity contribution in [3.8, 4) is 11.5 Å². The number of hydrogen-bond acceptors (Lipinski definition) is 4. The molecule has 0 spiro atoms. The smallest absolute Gasteiger partial charge is 0.159 e. The van der Waals surface area contributed by atoms with E-state index < -0.39 is 0 Å². The van der Waals surface area contributed by atoms with E-state index in [1.54, 1.807) is 6.07 Å². The van der Waals surface area contributed by atoms with E-state index >= 15 is 0 Å². The molecule has 1 aliphatic heterocycles. The third-order valence-electron chi connectivity index (χ3n) is 2.51. The molecule has 86 valence electrons. The van der Waals surface area contributed by atoms with Crippen LogP contribution in [0.2, 0.25) is 5.02 Å². The third kappa shape index (κ3) is 1.79. The molecule has 2 aromatic rings. The monoisotopic (exact) mass is 265 g/mol. The van der Waals surface area contributed by atoms with Crippen LogP contribution in [0.4, 0.5) is 11.4 Å². The van der Waals surface area contributed by atoms with E-state index in [1.165, 1.54) is 17.8 Å². The molecule has 0 saturated heterocycles. The largest absolute Gasteiger partial charge is 0.504 e. The Bertz CT molecular complexity index is 616. The number of phenolic OH excluding ortho intramolecular Hbond substituents is 2. The maximum absolute atomic E-state index is 9.46. The van der Waals surface area contributed by atoms with Crippen LogP contribution in [-0.4, -0.2) is 10.2 Å². The lowest BCUT2D eigenvalue weighted by molar-refractivity contribution is 0.403. The van der Waals surface area contributed by atoms with Crippen LogP contribution in [0.15, 0.2) is 40.1 Å². The van der Waals surface area contributed by atoms with Crippen molar-refractivity contribution in [3.05, 3.63) is 35.4 Å². The van der Waals surface area contributed by atoms with Crippen molar-refractivity contribution >= 4 is 34.7 Å². The molecule has 17 heavy (non-hydrogen) atoms. The molecule has 0 saturated carbocycles. The first-order chi connectivity index (χ1) is 8.13. The van der Waals surface area contributed by atoms with Gasteiger partial charge in [-0.15, -0.1) is 0 Å². The van der Waals surface area contributed by atoms with E-state index in [0.29, 0.717) is 5.02 Å². The fourth-order valence-electron chi connectivity index (χ4n) is 1.69. The van der Waals surface area contributed by atoms with E-state index in [9.17, 15) is 10.2 Å². The van der Waals surface area contributed by atoms with Gasteiger partial charge >= 0.3 is 0 Å². The Hall–Kier alpha value is -1.52. The van der Waals surface area contributed by atoms with E-state index in [2.05, 4.69) is 5.32 Å². The lowest BCUT2D eigenvalue weighted by Gasteiger charge is -2.21. The predicted octanol–water partition coefficient (Wildman–Crippen LogP) is 3.96. The lowest BCUT2D eigenvalue weighted by Crippen LogP contribution is -1.99. The van der Waals surface area contributed by atoms with Gasteiger partial charge in [0.1, 0.15) is 0 Å². The third-order valence-corrected chi connectivity index (χ3v) is 3.88. The SMILES string of the molecule is Oc1cc2c(cc1O)Sc1ccc(Cl)cc1N2. The number of hydrogen-bond donors (Lipinski definition) is 3. The Morgan fingerprint density at radius 2 is 1.65 bits per heavy atom. The second kappa shape index (κ2) is 3.75. The Morgan fingerprint density at radius 3 is 2.47 bits per heavy atom. The number of fused-ring (bicyclic) bond motifs is 2. The number of rotatable bonds is 0. The molecule has 0 amide bonds. The lowest BCUT2D eigenvalue weighted by atomic mass is 10.2. The molecule has 0 radical (unpaired) electrons. The van der Waals surface area contributed by atoms with Crippen LogP contribution in [0.3, 0.4) is 0 Å². The predicted molar refractivity (Wildman–Crippen MR) is 68.6 cm³/mol. The van der Waals surface area contributed by atoms with E-state index in [1.807, 2.05) is 18.2 Å². The summed E-state index contributed by atoms with van der Waals surface area (Å²) in [5.74, 6) is -0.252. The van der Waals surface area contributed by atoms with Gasteiger partial charge in [-0.3, -0.25) is 0 Å². The molecule has 0 aliphatic carbocycles. The van der Waals surface area contributed by atoms with E-state index in [4.69, 9.17) is 11.6 Å². The summed E-state index contributed by atoms with van der Waals surface area (Å²) in [4.78, 5) is 1.90. The van der Waals surface area contributed by atoms with Gasteiger partial charge in [0.05, 0.1) is 11.4 Å². The highest BCUT2D eigenvalue weighted by molar-refractivity contribution is 7.99. The average molecular weight is 266 g/mol. The van der Waals surface area contributed by atoms with Gasteiger partial charge in [-0.05, 0) is 24.3 Å². The summed E-state index contributed by atoms with van der Waals surface area (Å²) < 4.78 is 0. The number of halogens is 1. The zero-order chi connectivity index (χ0) is 12.0. The summed E-state index contributed by atoms with van der Waals surface area (Å²) >= 11 is 7.44. The van der Waals surface area contributed by atoms with E-state index in [0.717, 1.165) is 21.2 Å². The molecule has 0 aromatic heterocycles. The van der Waals surface area contributed by atoms with Gasteiger partial charge < -0.3 is 15.5 Å². The van der Waals surface area contributed by atoms with Gasteiger partial charge in [-0.25, -0.2) is 0 Å². The molecule has 1 aliphatic rings. The standard InChI is InChI=1S/C12H8ClNO2S/c13-6-1-2-11-7(3-6)14-8-4-9(15)10(16)5-12(8)17-11/h1-5,14-16H. The van der Waals surface area contributed by atoms with Gasteiger partial charge in [0, 0.05) is 20.9 Å². The quantitative estimate of drug-likeness (QED) is 0.425. The van der Waals surface area contributed by atoms with Crippen LogP contribution in [0, 0.1) is 0 Å². The van der Waals surface area contributed by atoms with E-state index in [-0.39, 0.29) is 11.5 Å². The maximum atomic E-state index is 9.46. The summed E-state index contributed by atoms with van der Waals surface area (Å²) in [5.41, 5.74) is 1.67. The Kier molecular flexibility index (Phi) is 2.34. The molecule has 2 aromatic carbocycles. The van der Waals surface area contributed by atoms with Crippen LogP contribution in [0.5, 0.6) is 11.5 Å². The summed E-state index contributed by atoms with van der Waals surface area (Å²) in [6.07, 6.45) is 0. The van der Waals surface area contributed by atoms with Gasteiger partial charge in [-0.1, -0.05) is 23.4 Å². The molecule has 0 bridgehead atoms. The minimum absolute atomic E-state index is 0.115. The maximum Gasteiger partial charge on any atom is 0.159 e. The molecule has 0 unspecified atom stereocenters. The zero-order valence-electron chi connectivity index (χ0n) is 8.57. The van der Waals surface area contributed by atoms with Crippen molar-refractivity contribution in [2.75, 3.05) is 5.32 Å². The molecule has 5 heteroatoms. The highest BCUT2D eigenvalue weighted by Gasteiger charge is 2.18. The molecule has 3 nitrogen and oxygen atoms in total. The zero-order valence-corrected chi connectivity index (χ0v) is 10.1. The first-order valence-electron chi connectivity index (χ1n) is 4.94. The van der Waals surface area contributed by atoms with Crippen LogP contribution < -0.4 is 5.32 Å². The summed E-state index contributed by atoms with van der Waals surface area (Å²) in [6, 6.07) is 8.61. The Labute approximate surface area is 107 Å². The first-order valence-corrected chi connectivity index (χ1v) is 6.13. The van der Waals surface area contributed by atoms with Crippen molar-refractivity contribution in [3.63, 3.8) is 0 Å². The van der Waals surface area contributed by atoms with Gasteiger partial charge in [0.25, 0.3) is 0 Å². The van der Waals surface area contributed by atoms with Crippen molar-refractivity contribution in [1.29, 1.82) is 0 Å². The highest BCUT2D eigenvalue weighted by Crippen LogP contribution is 2.47. The number of phenols is 2. The summed E-state index contributed by atoms with van der Waals surface area (Å²) in [6.45, 7) is 0. The van der Waals surface area contributed by atoms with Gasteiger partial charge in [-0.2, -0.15) is 0 Å². The molecular weight excluding hydrogens is 258 g/mol. The minimum Gasteiger partial charge on any atom is -0.504 e. The van der Waals surface area contributed by atoms with Crippen molar-refractivity contribution in [2.45, 2.75) is 9.79 Å². The van der Waals surface area contributed by atoms with Gasteiger partial charge in [0.2, 0.25) is 0 Å². The molecule has 1 heterocycles. The Morgan fingerprint density at radius 1 is 0.941 bits per heavy atom. The number of aromatic hydroxyl groups is 2. The Balaban J connectivity index is 2.11. The summed E-state index contributed by atoms with van der Waals surface area (Å²) in [5, 5.41) is 22.7. The normalized spacial score (nSPS) is 12.5. The average Bonchev–Trinajstić information content (AvgIpc) is 2.28. The van der Waals surface area contributed by atoms with Crippen LogP contribution >= 0.6 is 23.4 Å². The fraction of sp³-hybridized carbons (Fsp3) is 0. The molecular formula is C12H8ClNO2S. The second-order valence-corrected chi connectivity index (χ2v) is 5.22. The number of benzene rings is 2. The second-order valence-electron chi connectivity index (χ2n) is 3.70. The minimum atomic E-state index is -0.137. The van der Waals surface area contributed by atoms with Gasteiger partial charge in [0.15, 0.2) is 11.5 Å². The molecule has 3 N–H and O–H groups in total. The van der Waals surface area contributed by atoms with Crippen LogP contribution in [0.25, 0.3) is 0 Å². The van der Waals surface area contributed by atoms with Crippen LogP contribution in [-0.2, 0) is 0 Å². The van der Waals surface area contributed by atoms with Crippen molar-refractivity contribution in [2.24, 2.45) is 0 Å². The molecule has 0 fully saturated rings. The summed E-state index contributed by atoms with van der Waals surface area (Å²) in [7, 11) is 0. The van der Waals surface area contributed by atoms with Crippen molar-refractivity contribution in [1.82, 2.24) is 0 Å². The molecule has 0 atom stereocenters. The van der Waals surface area contributed by atoms with Crippen molar-refractivity contribution < 1.29 is 10.2 Å². The molecule has 3 rings (SSSR count). The highest BCUT2D eigenvalue weighted by atomic mass is 35.5.